The summed E-state index contributed by atoms with van der Waals surface area (Å²) in [6.45, 7) is 4.70. The van der Waals surface area contributed by atoms with Gasteiger partial charge in [-0.3, -0.25) is 9.69 Å². The highest BCUT2D eigenvalue weighted by atomic mass is 32.1. The summed E-state index contributed by atoms with van der Waals surface area (Å²) < 4.78 is 4.81. The molecule has 0 N–H and O–H groups in total. The number of likely N-dealkylation sites (tertiary alicyclic amines) is 1. The first-order chi connectivity index (χ1) is 8.19. The van der Waals surface area contributed by atoms with E-state index in [0.29, 0.717) is 0 Å². The second-order valence-electron chi connectivity index (χ2n) is 4.46. The molecule has 0 bridgehead atoms. The van der Waals surface area contributed by atoms with Gasteiger partial charge in [-0.05, 0) is 26.3 Å². The Balaban J connectivity index is 1.91. The zero-order valence-corrected chi connectivity index (χ0v) is 11.1. The van der Waals surface area contributed by atoms with Crippen LogP contribution < -0.4 is 0 Å². The molecule has 5 heteroatoms. The minimum Gasteiger partial charge on any atom is -0.469 e. The lowest BCUT2D eigenvalue weighted by Crippen LogP contribution is -2.38. The van der Waals surface area contributed by atoms with Crippen molar-refractivity contribution in [2.45, 2.75) is 26.3 Å². The lowest BCUT2D eigenvalue weighted by molar-refractivity contribution is -0.147. The lowest BCUT2D eigenvalue weighted by Gasteiger charge is -2.30. The zero-order chi connectivity index (χ0) is 12.3. The number of hydrogen-bond donors (Lipinski definition) is 0. The number of hydrogen-bond acceptors (Lipinski definition) is 5. The van der Waals surface area contributed by atoms with Crippen LogP contribution in [0.3, 0.4) is 0 Å². The summed E-state index contributed by atoms with van der Waals surface area (Å²) in [4.78, 5) is 18.3. The van der Waals surface area contributed by atoms with Gasteiger partial charge in [0, 0.05) is 18.5 Å². The Morgan fingerprint density at radius 2 is 2.53 bits per heavy atom. The standard InChI is InChI=1S/C12H18N2O2S/c1-9-13-11(8-17-9)7-14-5-3-4-10(6-14)12(15)16-2/h8,10H,3-7H2,1-2H3/t10-/m0/s1. The van der Waals surface area contributed by atoms with Crippen LogP contribution in [-0.4, -0.2) is 36.1 Å². The molecule has 0 aliphatic carbocycles. The van der Waals surface area contributed by atoms with Crippen molar-refractivity contribution >= 4 is 17.3 Å². The molecule has 0 aromatic carbocycles. The average Bonchev–Trinajstić information content (AvgIpc) is 2.74. The van der Waals surface area contributed by atoms with Crippen LogP contribution in [-0.2, 0) is 16.1 Å². The number of aryl methyl sites for hydroxylation is 1. The molecule has 1 aromatic rings. The normalized spacial score (nSPS) is 21.4. The second kappa shape index (κ2) is 5.60. The number of nitrogens with zero attached hydrogens (tertiary/aromatic N) is 2. The highest BCUT2D eigenvalue weighted by Crippen LogP contribution is 2.20. The van der Waals surface area contributed by atoms with E-state index in [0.717, 1.165) is 43.2 Å². The third kappa shape index (κ3) is 3.26. The van der Waals surface area contributed by atoms with E-state index in [-0.39, 0.29) is 11.9 Å². The summed E-state index contributed by atoms with van der Waals surface area (Å²) in [5.74, 6) is -0.0439. The minimum atomic E-state index is -0.0795. The molecule has 1 aromatic heterocycles. The minimum absolute atomic E-state index is 0.0356. The van der Waals surface area contributed by atoms with Crippen molar-refractivity contribution in [3.8, 4) is 0 Å². The van der Waals surface area contributed by atoms with E-state index < -0.39 is 0 Å². The monoisotopic (exact) mass is 254 g/mol. The summed E-state index contributed by atoms with van der Waals surface area (Å²) in [7, 11) is 1.46. The van der Waals surface area contributed by atoms with Gasteiger partial charge in [0.05, 0.1) is 23.7 Å². The van der Waals surface area contributed by atoms with E-state index in [9.17, 15) is 4.79 Å². The maximum Gasteiger partial charge on any atom is 0.309 e. The van der Waals surface area contributed by atoms with E-state index >= 15 is 0 Å². The Morgan fingerprint density at radius 1 is 1.71 bits per heavy atom. The number of methoxy groups -OCH3 is 1. The first-order valence-corrected chi connectivity index (χ1v) is 6.78. The molecule has 1 atom stereocenters. The first-order valence-electron chi connectivity index (χ1n) is 5.90. The van der Waals surface area contributed by atoms with Crippen LogP contribution in [0.4, 0.5) is 0 Å². The van der Waals surface area contributed by atoms with Gasteiger partial charge in [-0.25, -0.2) is 4.98 Å². The van der Waals surface area contributed by atoms with E-state index in [1.165, 1.54) is 7.11 Å². The summed E-state index contributed by atoms with van der Waals surface area (Å²) in [5, 5.41) is 3.19. The zero-order valence-electron chi connectivity index (χ0n) is 10.3. The fraction of sp³-hybridized carbons (Fsp3) is 0.667. The summed E-state index contributed by atoms with van der Waals surface area (Å²) in [6.07, 6.45) is 2.00. The molecular weight excluding hydrogens is 236 g/mol. The van der Waals surface area contributed by atoms with Gasteiger partial charge in [-0.2, -0.15) is 0 Å². The molecule has 0 radical (unpaired) electrons. The fourth-order valence-corrected chi connectivity index (χ4v) is 2.87. The third-order valence-corrected chi connectivity index (χ3v) is 3.91. The number of carbonyl (C=O) groups is 1. The van der Waals surface area contributed by atoms with Crippen molar-refractivity contribution in [3.05, 3.63) is 16.1 Å². The smallest absolute Gasteiger partial charge is 0.309 e. The molecule has 0 amide bonds. The van der Waals surface area contributed by atoms with Crippen molar-refractivity contribution in [1.29, 1.82) is 0 Å². The Morgan fingerprint density at radius 3 is 3.18 bits per heavy atom. The largest absolute Gasteiger partial charge is 0.469 e. The number of esters is 1. The topological polar surface area (TPSA) is 42.4 Å². The molecule has 2 rings (SSSR count). The Hall–Kier alpha value is -0.940. The van der Waals surface area contributed by atoms with Crippen LogP contribution in [0.1, 0.15) is 23.5 Å². The van der Waals surface area contributed by atoms with Gasteiger partial charge < -0.3 is 4.74 Å². The molecule has 0 saturated carbocycles. The summed E-state index contributed by atoms with van der Waals surface area (Å²) in [6, 6.07) is 0. The van der Waals surface area contributed by atoms with Crippen molar-refractivity contribution in [3.63, 3.8) is 0 Å². The molecule has 94 valence electrons. The predicted molar refractivity (Wildman–Crippen MR) is 66.9 cm³/mol. The van der Waals surface area contributed by atoms with E-state index in [4.69, 9.17) is 4.74 Å². The van der Waals surface area contributed by atoms with Crippen LogP contribution >= 0.6 is 11.3 Å². The maximum atomic E-state index is 11.5. The number of thiazole rings is 1. The fourth-order valence-electron chi connectivity index (χ4n) is 2.27. The summed E-state index contributed by atoms with van der Waals surface area (Å²) >= 11 is 1.68. The van der Waals surface area contributed by atoms with E-state index in [1.54, 1.807) is 11.3 Å². The van der Waals surface area contributed by atoms with Crippen molar-refractivity contribution in [1.82, 2.24) is 9.88 Å². The molecule has 0 spiro atoms. The molecule has 1 aliphatic heterocycles. The van der Waals surface area contributed by atoms with Crippen molar-refractivity contribution < 1.29 is 9.53 Å². The average molecular weight is 254 g/mol. The number of rotatable bonds is 3. The Labute approximate surface area is 106 Å². The van der Waals surface area contributed by atoms with Gasteiger partial charge in [0.25, 0.3) is 0 Å². The van der Waals surface area contributed by atoms with Crippen LogP contribution in [0.2, 0.25) is 0 Å². The molecule has 1 saturated heterocycles. The molecular formula is C12H18N2O2S. The Bertz CT molecular complexity index is 392. The van der Waals surface area contributed by atoms with Gasteiger partial charge in [0.2, 0.25) is 0 Å². The van der Waals surface area contributed by atoms with Gasteiger partial charge >= 0.3 is 5.97 Å². The number of carbonyl (C=O) groups excluding carboxylic acids is 1. The molecule has 1 aliphatic rings. The maximum absolute atomic E-state index is 11.5. The van der Waals surface area contributed by atoms with Crippen LogP contribution in [0, 0.1) is 12.8 Å². The van der Waals surface area contributed by atoms with Crippen LogP contribution in [0.25, 0.3) is 0 Å². The molecule has 17 heavy (non-hydrogen) atoms. The third-order valence-electron chi connectivity index (χ3n) is 3.09. The number of aromatic nitrogens is 1. The lowest BCUT2D eigenvalue weighted by atomic mass is 9.98. The number of piperidine rings is 1. The van der Waals surface area contributed by atoms with Crippen molar-refractivity contribution in [2.24, 2.45) is 5.92 Å². The van der Waals surface area contributed by atoms with Crippen molar-refractivity contribution in [2.75, 3.05) is 20.2 Å². The molecule has 0 unspecified atom stereocenters. The Kier molecular flexibility index (Phi) is 4.12. The van der Waals surface area contributed by atoms with Crippen LogP contribution in [0.5, 0.6) is 0 Å². The quantitative estimate of drug-likeness (QED) is 0.772. The predicted octanol–water partition coefficient (Wildman–Crippen LogP) is 1.84. The second-order valence-corrected chi connectivity index (χ2v) is 5.52. The summed E-state index contributed by atoms with van der Waals surface area (Å²) in [5.41, 5.74) is 1.11. The molecule has 1 fully saturated rings. The SMILES string of the molecule is COC(=O)[C@H]1CCCN(Cc2csc(C)n2)C1. The molecule has 4 nitrogen and oxygen atoms in total. The molecule has 2 heterocycles. The highest BCUT2D eigenvalue weighted by molar-refractivity contribution is 7.09. The first kappa shape index (κ1) is 12.5. The number of ether oxygens (including phenoxy) is 1. The van der Waals surface area contributed by atoms with Gasteiger partial charge in [-0.15, -0.1) is 11.3 Å². The van der Waals surface area contributed by atoms with E-state index in [2.05, 4.69) is 15.3 Å². The van der Waals surface area contributed by atoms with Gasteiger partial charge in [-0.1, -0.05) is 0 Å². The van der Waals surface area contributed by atoms with E-state index in [1.807, 2.05) is 6.92 Å². The van der Waals surface area contributed by atoms with Gasteiger partial charge in [0.15, 0.2) is 0 Å². The van der Waals surface area contributed by atoms with Gasteiger partial charge in [0.1, 0.15) is 0 Å². The highest BCUT2D eigenvalue weighted by Gasteiger charge is 2.26. The van der Waals surface area contributed by atoms with Crippen LogP contribution in [0.15, 0.2) is 5.38 Å².